The number of anilines is 1. The van der Waals surface area contributed by atoms with Crippen LogP contribution in [0.2, 0.25) is 0 Å². The lowest BCUT2D eigenvalue weighted by atomic mass is 10.1. The van der Waals surface area contributed by atoms with Crippen molar-refractivity contribution in [2.75, 3.05) is 12.4 Å². The van der Waals surface area contributed by atoms with Crippen LogP contribution in [-0.4, -0.2) is 22.8 Å². The Balaban J connectivity index is 2.09. The number of para-hydroxylation sites is 1. The second-order valence-electron chi connectivity index (χ2n) is 6.85. The van der Waals surface area contributed by atoms with Crippen molar-refractivity contribution in [3.05, 3.63) is 81.3 Å². The summed E-state index contributed by atoms with van der Waals surface area (Å²) >= 11 is 0. The van der Waals surface area contributed by atoms with Crippen molar-refractivity contribution in [1.29, 1.82) is 0 Å². The smallest absolute Gasteiger partial charge is 0.416 e. The summed E-state index contributed by atoms with van der Waals surface area (Å²) in [6, 6.07) is 8.12. The first-order chi connectivity index (χ1) is 15.3. The molecule has 0 aliphatic heterocycles. The summed E-state index contributed by atoms with van der Waals surface area (Å²) in [5, 5.41) is 5.91. The highest BCUT2D eigenvalue weighted by Crippen LogP contribution is 2.37. The van der Waals surface area contributed by atoms with Gasteiger partial charge in [-0.1, -0.05) is 18.2 Å². The second-order valence-corrected chi connectivity index (χ2v) is 6.85. The van der Waals surface area contributed by atoms with Gasteiger partial charge in [0.25, 0.3) is 11.5 Å². The minimum absolute atomic E-state index is 0.0626. The van der Waals surface area contributed by atoms with E-state index in [1.165, 1.54) is 0 Å². The molecule has 0 aliphatic rings. The van der Waals surface area contributed by atoms with Crippen molar-refractivity contribution in [3.8, 4) is 11.4 Å². The second kappa shape index (κ2) is 8.60. The SMILES string of the molecule is COc1cc(=O)n(-c2ccccc2C)nc1C(=O)Nc1cc(C(F)(F)F)cc(C(F)(F)F)c1. The Labute approximate surface area is 182 Å². The maximum atomic E-state index is 13.1. The first-order valence-electron chi connectivity index (χ1n) is 9.16. The molecule has 1 aromatic heterocycles. The molecule has 0 saturated carbocycles. The summed E-state index contributed by atoms with van der Waals surface area (Å²) in [6.45, 7) is 1.68. The molecule has 1 N–H and O–H groups in total. The third-order valence-electron chi connectivity index (χ3n) is 4.52. The topological polar surface area (TPSA) is 73.2 Å². The maximum Gasteiger partial charge on any atom is 0.416 e. The number of aryl methyl sites for hydroxylation is 1. The zero-order valence-electron chi connectivity index (χ0n) is 17.0. The number of hydrogen-bond donors (Lipinski definition) is 1. The summed E-state index contributed by atoms with van der Waals surface area (Å²) in [4.78, 5) is 25.2. The first kappa shape index (κ1) is 23.8. The van der Waals surface area contributed by atoms with Crippen molar-refractivity contribution < 1.29 is 35.9 Å². The standard InChI is InChI=1S/C21H15F6N3O3/c1-11-5-3-4-6-15(11)30-17(31)10-16(33-2)18(29-30)19(32)28-14-8-12(20(22,23)24)7-13(9-14)21(25,26)27/h3-10H,1-2H3,(H,28,32). The van der Waals surface area contributed by atoms with Gasteiger partial charge in [-0.25, -0.2) is 0 Å². The van der Waals surface area contributed by atoms with E-state index in [-0.39, 0.29) is 11.8 Å². The highest BCUT2D eigenvalue weighted by molar-refractivity contribution is 6.04. The van der Waals surface area contributed by atoms with E-state index >= 15 is 0 Å². The van der Waals surface area contributed by atoms with Crippen molar-refractivity contribution >= 4 is 11.6 Å². The Hall–Kier alpha value is -3.83. The minimum atomic E-state index is -5.09. The number of amides is 1. The van der Waals surface area contributed by atoms with Gasteiger partial charge in [-0.2, -0.15) is 36.1 Å². The quantitative estimate of drug-likeness (QED) is 0.553. The Morgan fingerprint density at radius 2 is 1.55 bits per heavy atom. The number of ether oxygens (including phenoxy) is 1. The molecule has 0 spiro atoms. The van der Waals surface area contributed by atoms with Crippen molar-refractivity contribution in [3.63, 3.8) is 0 Å². The van der Waals surface area contributed by atoms with Crippen LogP contribution >= 0.6 is 0 Å². The van der Waals surface area contributed by atoms with Crippen LogP contribution in [-0.2, 0) is 12.4 Å². The molecule has 3 rings (SSSR count). The highest BCUT2D eigenvalue weighted by Gasteiger charge is 2.37. The van der Waals surface area contributed by atoms with E-state index in [4.69, 9.17) is 4.74 Å². The molecule has 174 valence electrons. The van der Waals surface area contributed by atoms with Crippen LogP contribution in [0, 0.1) is 6.92 Å². The van der Waals surface area contributed by atoms with Gasteiger partial charge in [0, 0.05) is 5.69 Å². The molecule has 0 fully saturated rings. The lowest BCUT2D eigenvalue weighted by Gasteiger charge is -2.16. The normalized spacial score (nSPS) is 11.9. The number of benzene rings is 2. The molecule has 6 nitrogen and oxygen atoms in total. The van der Waals surface area contributed by atoms with Gasteiger partial charge < -0.3 is 10.1 Å². The molecule has 1 amide bonds. The highest BCUT2D eigenvalue weighted by atomic mass is 19.4. The number of carbonyl (C=O) groups excluding carboxylic acids is 1. The van der Waals surface area contributed by atoms with E-state index in [2.05, 4.69) is 5.10 Å². The van der Waals surface area contributed by atoms with Gasteiger partial charge in [0.05, 0.1) is 30.0 Å². The number of aromatic nitrogens is 2. The van der Waals surface area contributed by atoms with E-state index in [0.717, 1.165) is 17.9 Å². The van der Waals surface area contributed by atoms with Crippen molar-refractivity contribution in [1.82, 2.24) is 9.78 Å². The molecule has 3 aromatic rings. The Morgan fingerprint density at radius 1 is 0.970 bits per heavy atom. The summed E-state index contributed by atoms with van der Waals surface area (Å²) < 4.78 is 84.4. The van der Waals surface area contributed by atoms with Gasteiger partial charge in [-0.05, 0) is 36.8 Å². The molecular formula is C21H15F6N3O3. The Kier molecular flexibility index (Phi) is 6.21. The summed E-state index contributed by atoms with van der Waals surface area (Å²) in [6.07, 6.45) is -10.2. The Bertz CT molecular complexity index is 1230. The van der Waals surface area contributed by atoms with Crippen molar-refractivity contribution in [2.24, 2.45) is 0 Å². The van der Waals surface area contributed by atoms with Crippen LogP contribution in [0.3, 0.4) is 0 Å². The van der Waals surface area contributed by atoms with Crippen LogP contribution in [0.5, 0.6) is 5.75 Å². The number of halogens is 6. The summed E-state index contributed by atoms with van der Waals surface area (Å²) in [7, 11) is 1.12. The van der Waals surface area contributed by atoms with E-state index in [9.17, 15) is 35.9 Å². The van der Waals surface area contributed by atoms with Crippen LogP contribution < -0.4 is 15.6 Å². The summed E-state index contributed by atoms with van der Waals surface area (Å²) in [5.74, 6) is -1.49. The van der Waals surface area contributed by atoms with Gasteiger partial charge in [-0.15, -0.1) is 0 Å². The third-order valence-corrected chi connectivity index (χ3v) is 4.52. The van der Waals surface area contributed by atoms with E-state index in [0.29, 0.717) is 23.4 Å². The predicted octanol–water partition coefficient (Wildman–Crippen LogP) is 4.84. The van der Waals surface area contributed by atoms with Crippen molar-refractivity contribution in [2.45, 2.75) is 19.3 Å². The lowest BCUT2D eigenvalue weighted by Crippen LogP contribution is -2.26. The number of nitrogens with zero attached hydrogens (tertiary/aromatic N) is 2. The molecule has 2 aromatic carbocycles. The number of rotatable bonds is 4. The molecule has 0 unspecified atom stereocenters. The van der Waals surface area contributed by atoms with Crippen LogP contribution in [0.4, 0.5) is 32.0 Å². The number of methoxy groups -OCH3 is 1. The van der Waals surface area contributed by atoms with Gasteiger partial charge in [0.2, 0.25) is 0 Å². The average Bonchev–Trinajstić information content (AvgIpc) is 2.72. The van der Waals surface area contributed by atoms with E-state index in [1.54, 1.807) is 31.2 Å². The van der Waals surface area contributed by atoms with Gasteiger partial charge in [0.1, 0.15) is 0 Å². The molecule has 12 heteroatoms. The zero-order chi connectivity index (χ0) is 24.6. The first-order valence-corrected chi connectivity index (χ1v) is 9.16. The molecule has 0 saturated heterocycles. The predicted molar refractivity (Wildman–Crippen MR) is 106 cm³/mol. The monoisotopic (exact) mass is 471 g/mol. The molecular weight excluding hydrogens is 456 g/mol. The lowest BCUT2D eigenvalue weighted by molar-refractivity contribution is -0.143. The molecule has 1 heterocycles. The molecule has 0 bridgehead atoms. The van der Waals surface area contributed by atoms with E-state index in [1.807, 2.05) is 5.32 Å². The Morgan fingerprint density at radius 3 is 2.06 bits per heavy atom. The minimum Gasteiger partial charge on any atom is -0.494 e. The number of nitrogens with one attached hydrogen (secondary N) is 1. The van der Waals surface area contributed by atoms with E-state index < -0.39 is 46.3 Å². The fourth-order valence-electron chi connectivity index (χ4n) is 2.94. The number of alkyl halides is 6. The molecule has 0 atom stereocenters. The fourth-order valence-corrected chi connectivity index (χ4v) is 2.94. The zero-order valence-corrected chi connectivity index (χ0v) is 17.0. The van der Waals surface area contributed by atoms with Gasteiger partial charge in [-0.3, -0.25) is 9.59 Å². The molecule has 0 aliphatic carbocycles. The van der Waals surface area contributed by atoms with Gasteiger partial charge >= 0.3 is 12.4 Å². The van der Waals surface area contributed by atoms with Crippen LogP contribution in [0.25, 0.3) is 5.69 Å². The molecule has 33 heavy (non-hydrogen) atoms. The summed E-state index contributed by atoms with van der Waals surface area (Å²) in [5.41, 5.74) is -4.22. The fraction of sp³-hybridized carbons (Fsp3) is 0.190. The average molecular weight is 471 g/mol. The maximum absolute atomic E-state index is 13.1. The number of hydrogen-bond acceptors (Lipinski definition) is 4. The van der Waals surface area contributed by atoms with Crippen LogP contribution in [0.15, 0.2) is 53.3 Å². The largest absolute Gasteiger partial charge is 0.494 e. The molecule has 0 radical (unpaired) electrons. The number of carbonyl (C=O) groups is 1. The van der Waals surface area contributed by atoms with Crippen LogP contribution in [0.1, 0.15) is 27.2 Å². The van der Waals surface area contributed by atoms with Gasteiger partial charge in [0.15, 0.2) is 11.4 Å². The third kappa shape index (κ3) is 5.16.